The van der Waals surface area contributed by atoms with Crippen molar-refractivity contribution in [3.63, 3.8) is 0 Å². The van der Waals surface area contributed by atoms with E-state index in [4.69, 9.17) is 9.63 Å². The zero-order valence-corrected chi connectivity index (χ0v) is 12.2. The van der Waals surface area contributed by atoms with Gasteiger partial charge < -0.3 is 14.2 Å². The highest BCUT2D eigenvalue weighted by Crippen LogP contribution is 2.19. The Morgan fingerprint density at radius 2 is 2.35 bits per heavy atom. The predicted molar refractivity (Wildman–Crippen MR) is 72.7 cm³/mol. The summed E-state index contributed by atoms with van der Waals surface area (Å²) in [4.78, 5) is 19.1. The van der Waals surface area contributed by atoms with E-state index in [2.05, 4.69) is 15.1 Å². The summed E-state index contributed by atoms with van der Waals surface area (Å²) in [6.45, 7) is 4.46. The van der Waals surface area contributed by atoms with Crippen molar-refractivity contribution in [1.82, 2.24) is 19.7 Å². The normalized spacial score (nSPS) is 10.9. The van der Waals surface area contributed by atoms with E-state index in [1.165, 1.54) is 11.8 Å². The summed E-state index contributed by atoms with van der Waals surface area (Å²) >= 11 is 1.22. The van der Waals surface area contributed by atoms with Crippen molar-refractivity contribution < 1.29 is 14.4 Å². The van der Waals surface area contributed by atoms with E-state index < -0.39 is 5.97 Å². The van der Waals surface area contributed by atoms with Crippen LogP contribution in [0.1, 0.15) is 24.3 Å². The molecule has 0 saturated carbocycles. The zero-order valence-electron chi connectivity index (χ0n) is 11.4. The topological polar surface area (TPSA) is 94.0 Å². The van der Waals surface area contributed by atoms with Crippen LogP contribution in [-0.4, -0.2) is 36.5 Å². The first-order chi connectivity index (χ1) is 9.60. The molecule has 0 bridgehead atoms. The first-order valence-corrected chi connectivity index (χ1v) is 7.27. The molecule has 0 spiro atoms. The van der Waals surface area contributed by atoms with Gasteiger partial charge in [-0.15, -0.1) is 0 Å². The number of carboxylic acid groups (broad SMARTS) is 1. The van der Waals surface area contributed by atoms with E-state index in [1.54, 1.807) is 13.1 Å². The summed E-state index contributed by atoms with van der Waals surface area (Å²) < 4.78 is 7.09. The molecule has 20 heavy (non-hydrogen) atoms. The average molecular weight is 296 g/mol. The monoisotopic (exact) mass is 296 g/mol. The molecule has 0 aliphatic heterocycles. The molecule has 0 atom stereocenters. The van der Waals surface area contributed by atoms with E-state index >= 15 is 0 Å². The summed E-state index contributed by atoms with van der Waals surface area (Å²) in [5, 5.41) is 13.2. The second-order valence-electron chi connectivity index (χ2n) is 4.21. The molecule has 1 N–H and O–H groups in total. The van der Waals surface area contributed by atoms with Crippen LogP contribution >= 0.6 is 11.8 Å². The maximum Gasteiger partial charge on any atom is 0.313 e. The largest absolute Gasteiger partial charge is 0.481 e. The summed E-state index contributed by atoms with van der Waals surface area (Å²) in [6, 6.07) is 0. The Morgan fingerprint density at radius 1 is 1.55 bits per heavy atom. The molecule has 7 nitrogen and oxygen atoms in total. The smallest absolute Gasteiger partial charge is 0.313 e. The lowest BCUT2D eigenvalue weighted by molar-refractivity contribution is -0.133. The van der Waals surface area contributed by atoms with Crippen molar-refractivity contribution in [2.45, 2.75) is 38.4 Å². The fourth-order valence-electron chi connectivity index (χ4n) is 1.80. The molecule has 0 saturated heterocycles. The van der Waals surface area contributed by atoms with E-state index in [0.717, 1.165) is 12.1 Å². The lowest BCUT2D eigenvalue weighted by Crippen LogP contribution is -2.08. The first-order valence-electron chi connectivity index (χ1n) is 6.28. The third kappa shape index (κ3) is 3.60. The van der Waals surface area contributed by atoms with Crippen LogP contribution < -0.4 is 0 Å². The number of thioether (sulfide) groups is 1. The van der Waals surface area contributed by atoms with Crippen LogP contribution in [0.25, 0.3) is 0 Å². The Hall–Kier alpha value is -1.83. The molecule has 108 valence electrons. The quantitative estimate of drug-likeness (QED) is 0.775. The van der Waals surface area contributed by atoms with E-state index in [-0.39, 0.29) is 5.75 Å². The third-order valence-electron chi connectivity index (χ3n) is 2.71. The van der Waals surface area contributed by atoms with Crippen molar-refractivity contribution in [2.75, 3.05) is 5.75 Å². The highest BCUT2D eigenvalue weighted by Gasteiger charge is 2.12. The van der Waals surface area contributed by atoms with Gasteiger partial charge in [-0.25, -0.2) is 4.98 Å². The van der Waals surface area contributed by atoms with Gasteiger partial charge in [0.2, 0.25) is 5.89 Å². The van der Waals surface area contributed by atoms with Crippen molar-refractivity contribution >= 4 is 17.7 Å². The highest BCUT2D eigenvalue weighted by atomic mass is 32.2. The molecule has 2 aromatic rings. The molecular weight excluding hydrogens is 280 g/mol. The minimum absolute atomic E-state index is 0.000165. The molecule has 0 aliphatic rings. The molecule has 2 heterocycles. The maximum absolute atomic E-state index is 10.7. The van der Waals surface area contributed by atoms with Crippen LogP contribution in [0.4, 0.5) is 0 Å². The van der Waals surface area contributed by atoms with Gasteiger partial charge in [-0.2, -0.15) is 4.98 Å². The average Bonchev–Trinajstić information content (AvgIpc) is 2.99. The van der Waals surface area contributed by atoms with E-state index in [0.29, 0.717) is 29.8 Å². The van der Waals surface area contributed by atoms with Gasteiger partial charge in [-0.3, -0.25) is 4.79 Å². The Balaban J connectivity index is 2.07. The minimum Gasteiger partial charge on any atom is -0.481 e. The van der Waals surface area contributed by atoms with Crippen molar-refractivity contribution in [2.24, 2.45) is 0 Å². The lowest BCUT2D eigenvalue weighted by atomic mass is 10.3. The van der Waals surface area contributed by atoms with Gasteiger partial charge in [0.1, 0.15) is 0 Å². The van der Waals surface area contributed by atoms with Gasteiger partial charge in [0.05, 0.1) is 5.75 Å². The molecule has 2 aromatic heterocycles. The molecule has 8 heteroatoms. The number of aromatic nitrogens is 4. The van der Waals surface area contributed by atoms with E-state index in [1.807, 2.05) is 11.5 Å². The second-order valence-corrected chi connectivity index (χ2v) is 5.15. The van der Waals surface area contributed by atoms with Crippen LogP contribution in [0.5, 0.6) is 0 Å². The SMILES string of the molecule is CCc1cnc(SCC(=O)O)n1CCc1nc(C)no1. The van der Waals surface area contributed by atoms with Crippen LogP contribution in [0.3, 0.4) is 0 Å². The van der Waals surface area contributed by atoms with Crippen molar-refractivity contribution in [3.8, 4) is 0 Å². The first kappa shape index (κ1) is 14.6. The number of carboxylic acids is 1. The van der Waals surface area contributed by atoms with Gasteiger partial charge in [0, 0.05) is 24.9 Å². The van der Waals surface area contributed by atoms with Crippen LogP contribution in [0.15, 0.2) is 15.9 Å². The standard InChI is InChI=1S/C12H16N4O3S/c1-3-9-6-13-12(20-7-11(17)18)16(9)5-4-10-14-8(2)15-19-10/h6H,3-5,7H2,1-2H3,(H,17,18). The Bertz CT molecular complexity index is 593. The fourth-order valence-corrected chi connectivity index (χ4v) is 2.55. The summed E-state index contributed by atoms with van der Waals surface area (Å²) in [5.41, 5.74) is 1.06. The highest BCUT2D eigenvalue weighted by molar-refractivity contribution is 7.99. The molecule has 2 rings (SSSR count). The zero-order chi connectivity index (χ0) is 14.5. The molecule has 0 unspecified atom stereocenters. The summed E-state index contributed by atoms with van der Waals surface area (Å²) in [5.74, 6) is 0.337. The van der Waals surface area contributed by atoms with Gasteiger partial charge >= 0.3 is 5.97 Å². The van der Waals surface area contributed by atoms with Crippen molar-refractivity contribution in [1.29, 1.82) is 0 Å². The molecule has 0 fully saturated rings. The minimum atomic E-state index is -0.852. The number of rotatable bonds is 7. The second kappa shape index (κ2) is 6.56. The summed E-state index contributed by atoms with van der Waals surface area (Å²) in [7, 11) is 0. The molecule has 0 amide bonds. The number of imidazole rings is 1. The molecule has 0 aliphatic carbocycles. The lowest BCUT2D eigenvalue weighted by Gasteiger charge is -2.08. The molecule has 0 aromatic carbocycles. The maximum atomic E-state index is 10.7. The number of hydrogen-bond acceptors (Lipinski definition) is 6. The van der Waals surface area contributed by atoms with E-state index in [9.17, 15) is 4.79 Å². The van der Waals surface area contributed by atoms with Crippen LogP contribution in [-0.2, 0) is 24.2 Å². The Labute approximate surface area is 120 Å². The number of nitrogens with zero attached hydrogens (tertiary/aromatic N) is 4. The number of aryl methyl sites for hydroxylation is 3. The molecular formula is C12H16N4O3S. The van der Waals surface area contributed by atoms with Gasteiger partial charge in [0.25, 0.3) is 0 Å². The van der Waals surface area contributed by atoms with Crippen LogP contribution in [0.2, 0.25) is 0 Å². The number of carbonyl (C=O) groups is 1. The third-order valence-corrected chi connectivity index (χ3v) is 3.68. The van der Waals surface area contributed by atoms with Crippen LogP contribution in [0, 0.1) is 6.92 Å². The fraction of sp³-hybridized carbons (Fsp3) is 0.500. The number of aliphatic carboxylic acids is 1. The van der Waals surface area contributed by atoms with Gasteiger partial charge in [-0.1, -0.05) is 23.8 Å². The van der Waals surface area contributed by atoms with Crippen molar-refractivity contribution in [3.05, 3.63) is 23.6 Å². The predicted octanol–water partition coefficient (Wildman–Crippen LogP) is 1.56. The molecule has 0 radical (unpaired) electrons. The van der Waals surface area contributed by atoms with Gasteiger partial charge in [-0.05, 0) is 13.3 Å². The number of hydrogen-bond donors (Lipinski definition) is 1. The summed E-state index contributed by atoms with van der Waals surface area (Å²) in [6.07, 6.45) is 3.22. The Kier molecular flexibility index (Phi) is 4.78. The van der Waals surface area contributed by atoms with Gasteiger partial charge in [0.15, 0.2) is 11.0 Å². The Morgan fingerprint density at radius 3 is 2.95 bits per heavy atom.